The van der Waals surface area contributed by atoms with E-state index in [1.807, 2.05) is 48.5 Å². The van der Waals surface area contributed by atoms with Crippen LogP contribution in [0.15, 0.2) is 57.5 Å². The molecule has 7 aliphatic rings. The third-order valence-electron chi connectivity index (χ3n) is 6.52. The van der Waals surface area contributed by atoms with Crippen molar-refractivity contribution >= 4 is 56.3 Å². The average molecular weight is 508 g/mol. The van der Waals surface area contributed by atoms with Crippen molar-refractivity contribution in [3.8, 4) is 0 Å². The minimum atomic E-state index is -2.03. The van der Waals surface area contributed by atoms with E-state index in [-0.39, 0.29) is 36.6 Å². The first kappa shape index (κ1) is 17.0. The molecular weight excluding hydrogens is 494 g/mol. The summed E-state index contributed by atoms with van der Waals surface area (Å²) in [6.45, 7) is -4.06. The summed E-state index contributed by atoms with van der Waals surface area (Å²) in [7, 11) is 0. The van der Waals surface area contributed by atoms with Crippen molar-refractivity contribution < 1.29 is 27.9 Å². The van der Waals surface area contributed by atoms with Crippen LogP contribution in [0.1, 0.15) is 0 Å². The first-order valence-corrected chi connectivity index (χ1v) is 11.0. The van der Waals surface area contributed by atoms with Gasteiger partial charge in [-0.3, -0.25) is 0 Å². The number of hydrogen-bond donors (Lipinski definition) is 0. The summed E-state index contributed by atoms with van der Waals surface area (Å²) in [5.74, 6) is 0. The highest BCUT2D eigenvalue weighted by Gasteiger charge is 2.71. The van der Waals surface area contributed by atoms with Gasteiger partial charge in [0.05, 0.1) is 36.6 Å². The summed E-state index contributed by atoms with van der Waals surface area (Å²) in [4.78, 5) is 0. The molecule has 10 heteroatoms. The van der Waals surface area contributed by atoms with Crippen molar-refractivity contribution in [2.45, 2.75) is 36.6 Å². The van der Waals surface area contributed by atoms with Gasteiger partial charge in [0.15, 0.2) is 0 Å². The molecule has 9 rings (SSSR count). The summed E-state index contributed by atoms with van der Waals surface area (Å²) in [6.07, 6.45) is -1.38. The van der Waals surface area contributed by atoms with E-state index in [4.69, 9.17) is 27.9 Å². The molecule has 0 spiro atoms. The average Bonchev–Trinajstić information content (AvgIpc) is 2.72. The lowest BCUT2D eigenvalue weighted by Crippen LogP contribution is -2.93. The van der Waals surface area contributed by atoms with Crippen LogP contribution in [0.2, 0.25) is 0 Å². The van der Waals surface area contributed by atoms with Gasteiger partial charge in [-0.15, -0.1) is 10.9 Å². The van der Waals surface area contributed by atoms with Crippen LogP contribution in [0.4, 0.5) is 0 Å². The second kappa shape index (κ2) is 5.50. The maximum absolute atomic E-state index is 6.37. The van der Waals surface area contributed by atoms with E-state index in [1.54, 1.807) is 0 Å². The van der Waals surface area contributed by atoms with Crippen molar-refractivity contribution in [3.05, 3.63) is 57.5 Å². The van der Waals surface area contributed by atoms with Crippen molar-refractivity contribution in [3.63, 3.8) is 0 Å². The molecule has 28 heavy (non-hydrogen) atoms. The monoisotopic (exact) mass is 506 g/mol. The zero-order valence-electron chi connectivity index (χ0n) is 14.4. The lowest BCUT2D eigenvalue weighted by molar-refractivity contribution is -0.350. The second-order valence-electron chi connectivity index (χ2n) is 7.99. The first-order chi connectivity index (χ1) is 13.6. The van der Waals surface area contributed by atoms with Gasteiger partial charge in [-0.05, 0) is 0 Å². The summed E-state index contributed by atoms with van der Waals surface area (Å²) in [5.41, 5.74) is 1.76. The summed E-state index contributed by atoms with van der Waals surface area (Å²) in [5, 5.41) is 0. The summed E-state index contributed by atoms with van der Waals surface area (Å²) in [6, 6.07) is 15.7. The summed E-state index contributed by atoms with van der Waals surface area (Å²) < 4.78 is 40.2. The standard InChI is InChI=1S/C18H14B2Br2O6/c21-11-5-1-9(2-6-11)19-23-13-16-14(24-19)18-15(25-19)17(13)27-20(26-16,28-18)10-3-7-12(22)8-4-10/h1-8,13-18H/q-2. The van der Waals surface area contributed by atoms with E-state index in [0.29, 0.717) is 0 Å². The maximum Gasteiger partial charge on any atom is 0.410 e. The third kappa shape index (κ3) is 2.05. The van der Waals surface area contributed by atoms with Crippen LogP contribution >= 0.6 is 31.9 Å². The molecule has 0 amide bonds. The number of rotatable bonds is 2. The molecule has 0 atom stereocenters. The Morgan fingerprint density at radius 1 is 0.464 bits per heavy atom. The van der Waals surface area contributed by atoms with Gasteiger partial charge in [-0.2, -0.15) is 0 Å². The minimum Gasteiger partial charge on any atom is -0.534 e. The molecule has 6 nitrogen and oxygen atoms in total. The molecule has 0 unspecified atom stereocenters. The molecule has 6 saturated heterocycles. The van der Waals surface area contributed by atoms with Gasteiger partial charge < -0.3 is 27.9 Å². The molecule has 144 valence electrons. The predicted molar refractivity (Wildman–Crippen MR) is 108 cm³/mol. The second-order valence-corrected chi connectivity index (χ2v) is 9.82. The Kier molecular flexibility index (Phi) is 3.34. The Morgan fingerprint density at radius 3 is 0.964 bits per heavy atom. The van der Waals surface area contributed by atoms with Crippen LogP contribution in [0.5, 0.6) is 0 Å². The van der Waals surface area contributed by atoms with Gasteiger partial charge in [0.2, 0.25) is 0 Å². The fourth-order valence-corrected chi connectivity index (χ4v) is 5.88. The zero-order chi connectivity index (χ0) is 18.7. The van der Waals surface area contributed by atoms with Crippen molar-refractivity contribution in [1.82, 2.24) is 0 Å². The SMILES string of the molecule is Brc1ccc([B-]23OC4C5O[B-]6(c7ccc(Br)cc7)OC4C(O2)C(O6)C5O3)cc1. The van der Waals surface area contributed by atoms with Crippen LogP contribution in [0.3, 0.4) is 0 Å². The first-order valence-electron chi connectivity index (χ1n) is 9.43. The van der Waals surface area contributed by atoms with Gasteiger partial charge in [0, 0.05) is 8.95 Å². The van der Waals surface area contributed by atoms with Gasteiger partial charge in [0.25, 0.3) is 0 Å². The predicted octanol–water partition coefficient (Wildman–Crippen LogP) is 1.58. The van der Waals surface area contributed by atoms with Crippen molar-refractivity contribution in [1.29, 1.82) is 0 Å². The number of halogens is 2. The molecule has 0 N–H and O–H groups in total. The fourth-order valence-electron chi connectivity index (χ4n) is 5.35. The van der Waals surface area contributed by atoms with Gasteiger partial charge in [0.1, 0.15) is 0 Å². The molecule has 1 saturated carbocycles. The van der Waals surface area contributed by atoms with Gasteiger partial charge in [-0.25, -0.2) is 0 Å². The Bertz CT molecular complexity index is 828. The Morgan fingerprint density at radius 2 is 0.714 bits per heavy atom. The topological polar surface area (TPSA) is 55.4 Å². The fraction of sp³-hybridized carbons (Fsp3) is 0.333. The van der Waals surface area contributed by atoms with Crippen LogP contribution in [-0.4, -0.2) is 50.1 Å². The Balaban J connectivity index is 1.28. The Hall–Kier alpha value is -0.710. The maximum atomic E-state index is 6.37. The highest BCUT2D eigenvalue weighted by molar-refractivity contribution is 9.10. The highest BCUT2D eigenvalue weighted by Crippen LogP contribution is 2.53. The van der Waals surface area contributed by atoms with Crippen molar-refractivity contribution in [2.75, 3.05) is 0 Å². The van der Waals surface area contributed by atoms with E-state index >= 15 is 0 Å². The van der Waals surface area contributed by atoms with Gasteiger partial charge in [-0.1, -0.05) is 80.4 Å². The number of hydrogen-bond acceptors (Lipinski definition) is 6. The molecule has 0 radical (unpaired) electrons. The number of benzene rings is 2. The molecule has 1 aliphatic carbocycles. The minimum absolute atomic E-state index is 0.230. The molecule has 2 aromatic carbocycles. The normalized spacial score (nSPS) is 47.1. The van der Waals surface area contributed by atoms with Crippen LogP contribution in [0.25, 0.3) is 0 Å². The molecule has 8 bridgehead atoms. The van der Waals surface area contributed by atoms with Gasteiger partial charge >= 0.3 is 13.5 Å². The quantitative estimate of drug-likeness (QED) is 0.576. The molecule has 6 heterocycles. The van der Waals surface area contributed by atoms with E-state index in [1.165, 1.54) is 0 Å². The van der Waals surface area contributed by atoms with Crippen LogP contribution in [0, 0.1) is 0 Å². The summed E-state index contributed by atoms with van der Waals surface area (Å²) >= 11 is 6.93. The molecular formula is C18H14B2Br2O6-2. The molecule has 6 aliphatic heterocycles. The molecule has 7 fully saturated rings. The van der Waals surface area contributed by atoms with E-state index in [2.05, 4.69) is 31.9 Å². The lowest BCUT2D eigenvalue weighted by Gasteiger charge is -2.79. The van der Waals surface area contributed by atoms with E-state index < -0.39 is 13.5 Å². The van der Waals surface area contributed by atoms with E-state index in [9.17, 15) is 0 Å². The van der Waals surface area contributed by atoms with Crippen LogP contribution < -0.4 is 10.9 Å². The Labute approximate surface area is 178 Å². The van der Waals surface area contributed by atoms with Crippen molar-refractivity contribution in [2.24, 2.45) is 0 Å². The highest BCUT2D eigenvalue weighted by atomic mass is 79.9. The molecule has 0 aromatic heterocycles. The smallest absolute Gasteiger partial charge is 0.410 e. The third-order valence-corrected chi connectivity index (χ3v) is 7.57. The lowest BCUT2D eigenvalue weighted by atomic mass is 9.56. The largest absolute Gasteiger partial charge is 0.534 e. The zero-order valence-corrected chi connectivity index (χ0v) is 17.6. The van der Waals surface area contributed by atoms with E-state index in [0.717, 1.165) is 19.9 Å². The molecule has 2 aromatic rings. The van der Waals surface area contributed by atoms with Crippen LogP contribution in [-0.2, 0) is 27.9 Å².